The third kappa shape index (κ3) is 5.25. The van der Waals surface area contributed by atoms with Crippen LogP contribution >= 0.6 is 23.2 Å². The third-order valence-electron chi connectivity index (χ3n) is 5.00. The molecule has 0 saturated carbocycles. The number of nitrogens with one attached hydrogen (secondary N) is 2. The first-order chi connectivity index (χ1) is 13.4. The lowest BCUT2D eigenvalue weighted by molar-refractivity contribution is -0.896. The van der Waals surface area contributed by atoms with Gasteiger partial charge in [-0.1, -0.05) is 47.5 Å². The highest BCUT2D eigenvalue weighted by Gasteiger charge is 2.26. The van der Waals surface area contributed by atoms with Gasteiger partial charge in [0.15, 0.2) is 6.54 Å². The number of quaternary nitrogens is 1. The van der Waals surface area contributed by atoms with Gasteiger partial charge >= 0.3 is 0 Å². The van der Waals surface area contributed by atoms with Crippen LogP contribution in [-0.2, 0) is 4.79 Å². The molecule has 2 N–H and O–H groups in total. The van der Waals surface area contributed by atoms with Crippen LogP contribution in [0.15, 0.2) is 48.5 Å². The molecular formula is C21H24Cl2N3O2+. The number of halogens is 2. The topological polar surface area (TPSA) is 53.9 Å². The van der Waals surface area contributed by atoms with Crippen molar-refractivity contribution in [1.29, 1.82) is 0 Å². The fourth-order valence-electron chi connectivity index (χ4n) is 3.42. The minimum absolute atomic E-state index is 0.0312. The van der Waals surface area contributed by atoms with Crippen LogP contribution in [0.1, 0.15) is 28.9 Å². The summed E-state index contributed by atoms with van der Waals surface area (Å²) < 4.78 is 0. The average molecular weight is 421 g/mol. The van der Waals surface area contributed by atoms with E-state index in [0.29, 0.717) is 35.2 Å². The zero-order valence-corrected chi connectivity index (χ0v) is 17.3. The van der Waals surface area contributed by atoms with E-state index in [1.807, 2.05) is 48.2 Å². The number of hydrogen-bond acceptors (Lipinski definition) is 2. The number of carbonyl (C=O) groups is 2. The minimum atomic E-state index is -0.197. The Hall–Kier alpha value is -2.08. The molecule has 28 heavy (non-hydrogen) atoms. The molecule has 3 rings (SSSR count). The van der Waals surface area contributed by atoms with E-state index in [2.05, 4.69) is 5.32 Å². The maximum Gasteiger partial charge on any atom is 0.275 e. The van der Waals surface area contributed by atoms with Gasteiger partial charge in [0.25, 0.3) is 11.8 Å². The summed E-state index contributed by atoms with van der Waals surface area (Å²) in [6.07, 6.45) is 0. The van der Waals surface area contributed by atoms with Crippen molar-refractivity contribution >= 4 is 35.0 Å². The number of carbonyl (C=O) groups excluding carboxylic acids is 2. The largest absolute Gasteiger partial charge is 0.345 e. The van der Waals surface area contributed by atoms with Crippen LogP contribution in [0.25, 0.3) is 0 Å². The maximum atomic E-state index is 12.5. The van der Waals surface area contributed by atoms with Gasteiger partial charge in [-0.25, -0.2) is 0 Å². The van der Waals surface area contributed by atoms with Gasteiger partial charge in [-0.05, 0) is 36.8 Å². The Morgan fingerprint density at radius 2 is 1.79 bits per heavy atom. The van der Waals surface area contributed by atoms with E-state index in [-0.39, 0.29) is 17.9 Å². The van der Waals surface area contributed by atoms with Crippen LogP contribution in [0.5, 0.6) is 0 Å². The average Bonchev–Trinajstić information content (AvgIpc) is 2.68. The van der Waals surface area contributed by atoms with E-state index in [1.165, 1.54) is 4.90 Å². The molecule has 7 heteroatoms. The Labute approximate surface area is 175 Å². The van der Waals surface area contributed by atoms with Gasteiger partial charge < -0.3 is 15.1 Å². The van der Waals surface area contributed by atoms with Crippen molar-refractivity contribution in [1.82, 2.24) is 10.2 Å². The van der Waals surface area contributed by atoms with Crippen molar-refractivity contribution in [3.63, 3.8) is 0 Å². The van der Waals surface area contributed by atoms with E-state index in [1.54, 1.807) is 12.1 Å². The van der Waals surface area contributed by atoms with Crippen LogP contribution in [0.2, 0.25) is 10.0 Å². The SMILES string of the molecule is C[C@@H](NC(=O)C[NH+]1CCN(C(=O)c2ccccc2)CC1)c1ccc(Cl)cc1Cl. The number of piperazine rings is 1. The molecule has 0 radical (unpaired) electrons. The second-order valence-corrected chi connectivity index (χ2v) is 7.88. The summed E-state index contributed by atoms with van der Waals surface area (Å²) in [7, 11) is 0. The lowest BCUT2D eigenvalue weighted by Gasteiger charge is -2.32. The van der Waals surface area contributed by atoms with Crippen LogP contribution in [0, 0.1) is 0 Å². The molecule has 0 unspecified atom stereocenters. The minimum Gasteiger partial charge on any atom is -0.345 e. The van der Waals surface area contributed by atoms with E-state index in [4.69, 9.17) is 23.2 Å². The van der Waals surface area contributed by atoms with Crippen molar-refractivity contribution in [3.8, 4) is 0 Å². The Morgan fingerprint density at radius 1 is 1.11 bits per heavy atom. The lowest BCUT2D eigenvalue weighted by Crippen LogP contribution is -3.15. The number of rotatable bonds is 5. The number of benzene rings is 2. The fraction of sp³-hybridized carbons (Fsp3) is 0.333. The van der Waals surface area contributed by atoms with Crippen molar-refractivity contribution in [2.24, 2.45) is 0 Å². The van der Waals surface area contributed by atoms with Crippen LogP contribution < -0.4 is 10.2 Å². The first-order valence-electron chi connectivity index (χ1n) is 9.36. The first-order valence-corrected chi connectivity index (χ1v) is 10.1. The van der Waals surface area contributed by atoms with Gasteiger partial charge in [0, 0.05) is 15.6 Å². The van der Waals surface area contributed by atoms with Crippen molar-refractivity contribution in [2.45, 2.75) is 13.0 Å². The highest BCUT2D eigenvalue weighted by Crippen LogP contribution is 2.25. The van der Waals surface area contributed by atoms with Crippen molar-refractivity contribution in [2.75, 3.05) is 32.7 Å². The van der Waals surface area contributed by atoms with Crippen LogP contribution in [0.3, 0.4) is 0 Å². The summed E-state index contributed by atoms with van der Waals surface area (Å²) in [5.41, 5.74) is 1.55. The Bertz CT molecular complexity index is 837. The highest BCUT2D eigenvalue weighted by molar-refractivity contribution is 6.35. The summed E-state index contributed by atoms with van der Waals surface area (Å²) in [6.45, 7) is 5.08. The van der Waals surface area contributed by atoms with Gasteiger partial charge in [-0.2, -0.15) is 0 Å². The molecule has 1 fully saturated rings. The highest BCUT2D eigenvalue weighted by atomic mass is 35.5. The molecule has 0 aliphatic carbocycles. The van der Waals surface area contributed by atoms with Gasteiger partial charge in [0.2, 0.25) is 0 Å². The predicted octanol–water partition coefficient (Wildman–Crippen LogP) is 2.21. The predicted molar refractivity (Wildman–Crippen MR) is 111 cm³/mol. The molecule has 1 atom stereocenters. The Morgan fingerprint density at radius 3 is 2.43 bits per heavy atom. The molecule has 1 saturated heterocycles. The molecule has 2 amide bonds. The van der Waals surface area contributed by atoms with Gasteiger partial charge in [0.05, 0.1) is 32.2 Å². The smallest absolute Gasteiger partial charge is 0.275 e. The quantitative estimate of drug-likeness (QED) is 0.778. The number of amides is 2. The molecule has 148 valence electrons. The molecule has 0 bridgehead atoms. The zero-order chi connectivity index (χ0) is 20.1. The fourth-order valence-corrected chi connectivity index (χ4v) is 3.99. The van der Waals surface area contributed by atoms with Gasteiger partial charge in [0.1, 0.15) is 0 Å². The molecule has 1 heterocycles. The summed E-state index contributed by atoms with van der Waals surface area (Å²) in [6, 6.07) is 14.4. The molecular weight excluding hydrogens is 397 g/mol. The molecule has 1 aliphatic rings. The Kier molecular flexibility index (Phi) is 6.94. The molecule has 1 aliphatic heterocycles. The van der Waals surface area contributed by atoms with E-state index >= 15 is 0 Å². The van der Waals surface area contributed by atoms with Gasteiger partial charge in [-0.15, -0.1) is 0 Å². The van der Waals surface area contributed by atoms with E-state index in [0.717, 1.165) is 18.7 Å². The first kappa shape index (κ1) is 20.6. The van der Waals surface area contributed by atoms with Crippen LogP contribution in [-0.4, -0.2) is 49.4 Å². The normalized spacial score (nSPS) is 15.9. The van der Waals surface area contributed by atoms with Gasteiger partial charge in [-0.3, -0.25) is 9.59 Å². The van der Waals surface area contributed by atoms with Crippen molar-refractivity contribution < 1.29 is 14.5 Å². The molecule has 5 nitrogen and oxygen atoms in total. The molecule has 0 spiro atoms. The molecule has 2 aromatic rings. The van der Waals surface area contributed by atoms with Crippen LogP contribution in [0.4, 0.5) is 0 Å². The van der Waals surface area contributed by atoms with Crippen molar-refractivity contribution in [3.05, 3.63) is 69.7 Å². The summed E-state index contributed by atoms with van der Waals surface area (Å²) in [4.78, 5) is 28.0. The summed E-state index contributed by atoms with van der Waals surface area (Å²) in [5, 5.41) is 4.11. The molecule has 0 aromatic heterocycles. The zero-order valence-electron chi connectivity index (χ0n) is 15.8. The summed E-state index contributed by atoms with van der Waals surface area (Å²) in [5.74, 6) is 0.0199. The third-order valence-corrected chi connectivity index (χ3v) is 5.56. The number of hydrogen-bond donors (Lipinski definition) is 2. The second kappa shape index (κ2) is 9.41. The standard InChI is InChI=1S/C21H23Cl2N3O2/c1-15(18-8-7-17(22)13-19(18)23)24-20(27)14-25-9-11-26(12-10-25)21(28)16-5-3-2-4-6-16/h2-8,13,15H,9-12,14H2,1H3,(H,24,27)/p+1/t15-/m1/s1. The summed E-state index contributed by atoms with van der Waals surface area (Å²) >= 11 is 12.1. The van der Waals surface area contributed by atoms with E-state index in [9.17, 15) is 9.59 Å². The molecule has 2 aromatic carbocycles. The maximum absolute atomic E-state index is 12.5. The lowest BCUT2D eigenvalue weighted by atomic mass is 10.1. The monoisotopic (exact) mass is 420 g/mol. The second-order valence-electron chi connectivity index (χ2n) is 7.04. The Balaban J connectivity index is 1.48. The van der Waals surface area contributed by atoms with E-state index < -0.39 is 0 Å². The number of nitrogens with zero attached hydrogens (tertiary/aromatic N) is 1.